The van der Waals surface area contributed by atoms with Gasteiger partial charge in [-0.05, 0) is 35.1 Å². The molecule has 0 atom stereocenters. The van der Waals surface area contributed by atoms with E-state index in [1.165, 1.54) is 11.1 Å². The lowest BCUT2D eigenvalue weighted by molar-refractivity contribution is 0.400. The summed E-state index contributed by atoms with van der Waals surface area (Å²) in [5.74, 6) is 2.01. The Balaban J connectivity index is 3.38. The molecular weight excluding hydrogens is 252 g/mol. The minimum Gasteiger partial charge on any atom is -0.496 e. The monoisotopic (exact) mass is 270 g/mol. The van der Waals surface area contributed by atoms with E-state index < -0.39 is 0 Å². The van der Waals surface area contributed by atoms with Gasteiger partial charge in [0.2, 0.25) is 0 Å². The van der Waals surface area contributed by atoms with Crippen molar-refractivity contribution in [2.75, 3.05) is 7.11 Å². The number of benzene rings is 1. The SMILES string of the molecule is COc1c(C(C)C)cc(Br)cc1C(C)C. The van der Waals surface area contributed by atoms with Crippen molar-refractivity contribution in [3.63, 3.8) is 0 Å². The molecule has 1 nitrogen and oxygen atoms in total. The maximum atomic E-state index is 5.53. The summed E-state index contributed by atoms with van der Waals surface area (Å²) in [7, 11) is 1.75. The molecule has 84 valence electrons. The average molecular weight is 271 g/mol. The van der Waals surface area contributed by atoms with Crippen LogP contribution in [0.5, 0.6) is 5.75 Å². The van der Waals surface area contributed by atoms with E-state index in [1.54, 1.807) is 7.11 Å². The number of methoxy groups -OCH3 is 1. The van der Waals surface area contributed by atoms with E-state index >= 15 is 0 Å². The zero-order valence-corrected chi connectivity index (χ0v) is 11.7. The molecule has 0 heterocycles. The summed E-state index contributed by atoms with van der Waals surface area (Å²) >= 11 is 3.56. The van der Waals surface area contributed by atoms with Crippen LogP contribution >= 0.6 is 15.9 Å². The molecule has 0 aliphatic rings. The first-order valence-electron chi connectivity index (χ1n) is 5.34. The summed E-state index contributed by atoms with van der Waals surface area (Å²) in [6, 6.07) is 4.30. The zero-order chi connectivity index (χ0) is 11.6. The van der Waals surface area contributed by atoms with Gasteiger partial charge in [0, 0.05) is 4.47 Å². The lowest BCUT2D eigenvalue weighted by Crippen LogP contribution is -2.00. The van der Waals surface area contributed by atoms with E-state index in [0.29, 0.717) is 11.8 Å². The molecule has 0 amide bonds. The predicted molar refractivity (Wildman–Crippen MR) is 68.9 cm³/mol. The van der Waals surface area contributed by atoms with Crippen LogP contribution in [0.3, 0.4) is 0 Å². The van der Waals surface area contributed by atoms with E-state index in [4.69, 9.17) is 4.74 Å². The van der Waals surface area contributed by atoms with Crippen molar-refractivity contribution in [3.8, 4) is 5.75 Å². The van der Waals surface area contributed by atoms with Crippen molar-refractivity contribution < 1.29 is 4.74 Å². The standard InChI is InChI=1S/C13H19BrO/c1-8(2)11-6-10(14)7-12(9(3)4)13(11)15-5/h6-9H,1-5H3. The number of hydrogen-bond donors (Lipinski definition) is 0. The fourth-order valence-corrected chi connectivity index (χ4v) is 2.22. The highest BCUT2D eigenvalue weighted by Crippen LogP contribution is 2.36. The molecule has 0 unspecified atom stereocenters. The molecule has 1 aromatic carbocycles. The van der Waals surface area contributed by atoms with Gasteiger partial charge in [-0.1, -0.05) is 43.6 Å². The summed E-state index contributed by atoms with van der Waals surface area (Å²) in [6.45, 7) is 8.76. The zero-order valence-electron chi connectivity index (χ0n) is 10.1. The Morgan fingerprint density at radius 3 is 1.67 bits per heavy atom. The predicted octanol–water partition coefficient (Wildman–Crippen LogP) is 4.70. The third-order valence-corrected chi connectivity index (χ3v) is 3.02. The van der Waals surface area contributed by atoms with Crippen molar-refractivity contribution in [2.24, 2.45) is 0 Å². The molecular formula is C13H19BrO. The first-order chi connectivity index (χ1) is 6.97. The maximum Gasteiger partial charge on any atom is 0.125 e. The topological polar surface area (TPSA) is 9.23 Å². The Bertz CT molecular complexity index is 313. The first kappa shape index (κ1) is 12.6. The second-order valence-corrected chi connectivity index (χ2v) is 5.34. The quantitative estimate of drug-likeness (QED) is 0.774. The van der Waals surface area contributed by atoms with E-state index in [1.807, 2.05) is 0 Å². The van der Waals surface area contributed by atoms with Gasteiger partial charge in [-0.15, -0.1) is 0 Å². The van der Waals surface area contributed by atoms with Gasteiger partial charge >= 0.3 is 0 Å². The van der Waals surface area contributed by atoms with Crippen LogP contribution in [0.2, 0.25) is 0 Å². The van der Waals surface area contributed by atoms with Crippen LogP contribution in [0.15, 0.2) is 16.6 Å². The summed E-state index contributed by atoms with van der Waals surface area (Å²) in [5.41, 5.74) is 2.55. The highest BCUT2D eigenvalue weighted by molar-refractivity contribution is 9.10. The Kier molecular flexibility index (Phi) is 4.21. The van der Waals surface area contributed by atoms with Crippen LogP contribution < -0.4 is 4.74 Å². The van der Waals surface area contributed by atoms with E-state index in [9.17, 15) is 0 Å². The molecule has 0 N–H and O–H groups in total. The van der Waals surface area contributed by atoms with Gasteiger partial charge in [-0.3, -0.25) is 0 Å². The van der Waals surface area contributed by atoms with Gasteiger partial charge in [-0.2, -0.15) is 0 Å². The number of ether oxygens (including phenoxy) is 1. The van der Waals surface area contributed by atoms with E-state index in [2.05, 4.69) is 55.8 Å². The first-order valence-corrected chi connectivity index (χ1v) is 6.14. The van der Waals surface area contributed by atoms with Gasteiger partial charge in [0.25, 0.3) is 0 Å². The molecule has 0 aliphatic heterocycles. The average Bonchev–Trinajstić information content (AvgIpc) is 2.16. The smallest absolute Gasteiger partial charge is 0.125 e. The van der Waals surface area contributed by atoms with E-state index in [-0.39, 0.29) is 0 Å². The fraction of sp³-hybridized carbons (Fsp3) is 0.538. The van der Waals surface area contributed by atoms with Crippen molar-refractivity contribution >= 4 is 15.9 Å². The minimum atomic E-state index is 0.481. The molecule has 0 saturated heterocycles. The van der Waals surface area contributed by atoms with Crippen LogP contribution in [0.1, 0.15) is 50.7 Å². The van der Waals surface area contributed by atoms with Crippen molar-refractivity contribution in [1.82, 2.24) is 0 Å². The van der Waals surface area contributed by atoms with Crippen LogP contribution in [0.4, 0.5) is 0 Å². The lowest BCUT2D eigenvalue weighted by Gasteiger charge is -2.18. The molecule has 0 spiro atoms. The summed E-state index contributed by atoms with van der Waals surface area (Å²) in [5, 5.41) is 0. The number of hydrogen-bond acceptors (Lipinski definition) is 1. The van der Waals surface area contributed by atoms with Gasteiger partial charge < -0.3 is 4.74 Å². The van der Waals surface area contributed by atoms with Crippen LogP contribution in [-0.2, 0) is 0 Å². The van der Waals surface area contributed by atoms with Crippen molar-refractivity contribution in [1.29, 1.82) is 0 Å². The third kappa shape index (κ3) is 2.75. The van der Waals surface area contributed by atoms with Crippen LogP contribution in [0, 0.1) is 0 Å². The van der Waals surface area contributed by atoms with Crippen molar-refractivity contribution in [2.45, 2.75) is 39.5 Å². The molecule has 1 aromatic rings. The summed E-state index contributed by atoms with van der Waals surface area (Å²) in [6.07, 6.45) is 0. The van der Waals surface area contributed by atoms with E-state index in [0.717, 1.165) is 10.2 Å². The molecule has 0 bridgehead atoms. The van der Waals surface area contributed by atoms with Gasteiger partial charge in [0.05, 0.1) is 7.11 Å². The molecule has 0 saturated carbocycles. The highest BCUT2D eigenvalue weighted by Gasteiger charge is 2.15. The molecule has 2 heteroatoms. The molecule has 0 aliphatic carbocycles. The second kappa shape index (κ2) is 5.02. The highest BCUT2D eigenvalue weighted by atomic mass is 79.9. The summed E-state index contributed by atoms with van der Waals surface area (Å²) < 4.78 is 6.67. The molecule has 0 fully saturated rings. The lowest BCUT2D eigenvalue weighted by atomic mass is 9.94. The third-order valence-electron chi connectivity index (χ3n) is 2.56. The largest absolute Gasteiger partial charge is 0.496 e. The van der Waals surface area contributed by atoms with Gasteiger partial charge in [0.1, 0.15) is 5.75 Å². The van der Waals surface area contributed by atoms with Crippen LogP contribution in [0.25, 0.3) is 0 Å². The minimum absolute atomic E-state index is 0.481. The molecule has 15 heavy (non-hydrogen) atoms. The van der Waals surface area contributed by atoms with Crippen LogP contribution in [-0.4, -0.2) is 7.11 Å². The Morgan fingerprint density at radius 1 is 1.00 bits per heavy atom. The number of halogens is 1. The molecule has 1 rings (SSSR count). The maximum absolute atomic E-state index is 5.53. The Morgan fingerprint density at radius 2 is 1.40 bits per heavy atom. The van der Waals surface area contributed by atoms with Crippen molar-refractivity contribution in [3.05, 3.63) is 27.7 Å². The molecule has 0 aromatic heterocycles. The van der Waals surface area contributed by atoms with Gasteiger partial charge in [-0.25, -0.2) is 0 Å². The van der Waals surface area contributed by atoms with Gasteiger partial charge in [0.15, 0.2) is 0 Å². The Labute approximate surface area is 101 Å². The summed E-state index contributed by atoms with van der Waals surface area (Å²) in [4.78, 5) is 0. The molecule has 0 radical (unpaired) electrons. The normalized spacial score (nSPS) is 11.2. The fourth-order valence-electron chi connectivity index (χ4n) is 1.73. The Hall–Kier alpha value is -0.500. The second-order valence-electron chi connectivity index (χ2n) is 4.43. The number of rotatable bonds is 3.